The number of aryl methyl sites for hydroxylation is 1. The summed E-state index contributed by atoms with van der Waals surface area (Å²) in [6.45, 7) is 5.21. The van der Waals surface area contributed by atoms with E-state index in [0.717, 1.165) is 30.8 Å². The SMILES string of the molecule is CCc1ccc(C(=O)N(CCOC)CC2CCCN2)s1. The molecule has 112 valence electrons. The maximum atomic E-state index is 12.6. The molecule has 1 aliphatic rings. The van der Waals surface area contributed by atoms with Gasteiger partial charge < -0.3 is 15.0 Å². The quantitative estimate of drug-likeness (QED) is 0.838. The summed E-state index contributed by atoms with van der Waals surface area (Å²) in [5, 5.41) is 3.45. The van der Waals surface area contributed by atoms with E-state index in [1.54, 1.807) is 18.4 Å². The first-order chi connectivity index (χ1) is 9.74. The number of amides is 1. The second-order valence-electron chi connectivity index (χ2n) is 5.16. The number of nitrogens with one attached hydrogen (secondary N) is 1. The predicted molar refractivity (Wildman–Crippen MR) is 82.5 cm³/mol. The van der Waals surface area contributed by atoms with Crippen LogP contribution in [0.1, 0.15) is 34.3 Å². The molecule has 1 fully saturated rings. The second kappa shape index (κ2) is 7.76. The van der Waals surface area contributed by atoms with E-state index in [0.29, 0.717) is 19.2 Å². The van der Waals surface area contributed by atoms with Gasteiger partial charge in [0.1, 0.15) is 0 Å². The molecule has 0 radical (unpaired) electrons. The van der Waals surface area contributed by atoms with Gasteiger partial charge in [0, 0.05) is 31.1 Å². The Morgan fingerprint density at radius 2 is 2.40 bits per heavy atom. The first-order valence-corrected chi connectivity index (χ1v) is 8.16. The van der Waals surface area contributed by atoms with Gasteiger partial charge in [0.15, 0.2) is 0 Å². The van der Waals surface area contributed by atoms with Crippen molar-refractivity contribution in [3.8, 4) is 0 Å². The Morgan fingerprint density at radius 1 is 1.55 bits per heavy atom. The highest BCUT2D eigenvalue weighted by atomic mass is 32.1. The van der Waals surface area contributed by atoms with Crippen LogP contribution in [0.15, 0.2) is 12.1 Å². The third-order valence-corrected chi connectivity index (χ3v) is 4.89. The van der Waals surface area contributed by atoms with Gasteiger partial charge in [0.2, 0.25) is 0 Å². The zero-order valence-electron chi connectivity index (χ0n) is 12.4. The minimum Gasteiger partial charge on any atom is -0.383 e. The van der Waals surface area contributed by atoms with Crippen molar-refractivity contribution >= 4 is 17.2 Å². The molecule has 4 nitrogen and oxygen atoms in total. The first kappa shape index (κ1) is 15.5. The Morgan fingerprint density at radius 3 is 3.00 bits per heavy atom. The average molecular weight is 296 g/mol. The van der Waals surface area contributed by atoms with Gasteiger partial charge >= 0.3 is 0 Å². The number of nitrogens with zero attached hydrogens (tertiary/aromatic N) is 1. The monoisotopic (exact) mass is 296 g/mol. The molecule has 1 amide bonds. The van der Waals surface area contributed by atoms with Gasteiger partial charge in [-0.2, -0.15) is 0 Å². The van der Waals surface area contributed by atoms with Crippen LogP contribution in [-0.2, 0) is 11.2 Å². The molecule has 1 atom stereocenters. The Hall–Kier alpha value is -0.910. The molecule has 0 aliphatic carbocycles. The Balaban J connectivity index is 2.01. The highest BCUT2D eigenvalue weighted by molar-refractivity contribution is 7.14. The summed E-state index contributed by atoms with van der Waals surface area (Å²) in [5.41, 5.74) is 0. The molecule has 0 saturated carbocycles. The molecule has 1 N–H and O–H groups in total. The minimum atomic E-state index is 0.139. The first-order valence-electron chi connectivity index (χ1n) is 7.35. The molecular weight excluding hydrogens is 272 g/mol. The van der Waals surface area contributed by atoms with E-state index in [1.807, 2.05) is 11.0 Å². The number of thiophene rings is 1. The fraction of sp³-hybridized carbons (Fsp3) is 0.667. The van der Waals surface area contributed by atoms with Gasteiger partial charge in [0.05, 0.1) is 11.5 Å². The molecule has 1 unspecified atom stereocenters. The number of rotatable bonds is 7. The van der Waals surface area contributed by atoms with Crippen LogP contribution < -0.4 is 5.32 Å². The average Bonchev–Trinajstić information content (AvgIpc) is 3.13. The van der Waals surface area contributed by atoms with Gasteiger partial charge in [-0.1, -0.05) is 6.92 Å². The van der Waals surface area contributed by atoms with E-state index in [4.69, 9.17) is 4.74 Å². The Labute approximate surface area is 125 Å². The molecule has 20 heavy (non-hydrogen) atoms. The smallest absolute Gasteiger partial charge is 0.264 e. The maximum Gasteiger partial charge on any atom is 0.264 e. The molecule has 1 aliphatic heterocycles. The molecule has 1 aromatic rings. The summed E-state index contributed by atoms with van der Waals surface area (Å²) in [4.78, 5) is 16.7. The Bertz CT molecular complexity index is 427. The van der Waals surface area contributed by atoms with E-state index < -0.39 is 0 Å². The zero-order valence-corrected chi connectivity index (χ0v) is 13.2. The molecule has 0 bridgehead atoms. The van der Waals surface area contributed by atoms with Crippen LogP contribution in [-0.4, -0.2) is 50.2 Å². The van der Waals surface area contributed by atoms with Crippen molar-refractivity contribution in [3.63, 3.8) is 0 Å². The highest BCUT2D eigenvalue weighted by Gasteiger charge is 2.23. The summed E-state index contributed by atoms with van der Waals surface area (Å²) >= 11 is 1.61. The summed E-state index contributed by atoms with van der Waals surface area (Å²) in [6, 6.07) is 4.44. The molecule has 1 saturated heterocycles. The zero-order chi connectivity index (χ0) is 14.4. The molecule has 5 heteroatoms. The molecular formula is C15H24N2O2S. The topological polar surface area (TPSA) is 41.6 Å². The van der Waals surface area contributed by atoms with Crippen molar-refractivity contribution < 1.29 is 9.53 Å². The van der Waals surface area contributed by atoms with Crippen molar-refractivity contribution in [3.05, 3.63) is 21.9 Å². The standard InChI is InChI=1S/C15H24N2O2S/c1-3-13-6-7-14(20-13)15(18)17(9-10-19-2)11-12-5-4-8-16-12/h6-7,12,16H,3-5,8-11H2,1-2H3. The normalized spacial score (nSPS) is 18.4. The number of ether oxygens (including phenoxy) is 1. The summed E-state index contributed by atoms with van der Waals surface area (Å²) in [5.74, 6) is 0.139. The molecule has 2 heterocycles. The van der Waals surface area contributed by atoms with Crippen molar-refractivity contribution in [2.45, 2.75) is 32.2 Å². The van der Waals surface area contributed by atoms with Crippen LogP contribution in [0.3, 0.4) is 0 Å². The molecule has 1 aromatic heterocycles. The van der Waals surface area contributed by atoms with Gasteiger partial charge in [-0.05, 0) is 37.9 Å². The van der Waals surface area contributed by atoms with Crippen LogP contribution in [0, 0.1) is 0 Å². The Kier molecular flexibility index (Phi) is 6.01. The van der Waals surface area contributed by atoms with Crippen LogP contribution >= 0.6 is 11.3 Å². The second-order valence-corrected chi connectivity index (χ2v) is 6.33. The van der Waals surface area contributed by atoms with Crippen LogP contribution in [0.25, 0.3) is 0 Å². The summed E-state index contributed by atoms with van der Waals surface area (Å²) < 4.78 is 5.14. The lowest BCUT2D eigenvalue weighted by Crippen LogP contribution is -2.42. The lowest BCUT2D eigenvalue weighted by molar-refractivity contribution is 0.0684. The van der Waals surface area contributed by atoms with E-state index in [2.05, 4.69) is 18.3 Å². The lowest BCUT2D eigenvalue weighted by atomic mass is 10.2. The summed E-state index contributed by atoms with van der Waals surface area (Å²) in [7, 11) is 1.68. The number of methoxy groups -OCH3 is 1. The third-order valence-electron chi connectivity index (χ3n) is 3.68. The van der Waals surface area contributed by atoms with E-state index in [1.165, 1.54) is 11.3 Å². The van der Waals surface area contributed by atoms with Crippen molar-refractivity contribution in [1.29, 1.82) is 0 Å². The molecule has 0 spiro atoms. The highest BCUT2D eigenvalue weighted by Crippen LogP contribution is 2.19. The number of hydrogen-bond donors (Lipinski definition) is 1. The fourth-order valence-corrected chi connectivity index (χ4v) is 3.41. The van der Waals surface area contributed by atoms with Crippen LogP contribution in [0.5, 0.6) is 0 Å². The number of carbonyl (C=O) groups excluding carboxylic acids is 1. The van der Waals surface area contributed by atoms with Crippen molar-refractivity contribution in [2.75, 3.05) is 33.4 Å². The van der Waals surface area contributed by atoms with Gasteiger partial charge in [-0.15, -0.1) is 11.3 Å². The van der Waals surface area contributed by atoms with Crippen molar-refractivity contribution in [2.24, 2.45) is 0 Å². The third kappa shape index (κ3) is 4.04. The van der Waals surface area contributed by atoms with Gasteiger partial charge in [-0.25, -0.2) is 0 Å². The fourth-order valence-electron chi connectivity index (χ4n) is 2.49. The van der Waals surface area contributed by atoms with Crippen LogP contribution in [0.2, 0.25) is 0 Å². The number of carbonyl (C=O) groups is 1. The minimum absolute atomic E-state index is 0.139. The lowest BCUT2D eigenvalue weighted by Gasteiger charge is -2.25. The summed E-state index contributed by atoms with van der Waals surface area (Å²) in [6.07, 6.45) is 3.34. The number of hydrogen-bond acceptors (Lipinski definition) is 4. The predicted octanol–water partition coefficient (Wildman–Crippen LogP) is 2.15. The molecule has 2 rings (SSSR count). The van der Waals surface area contributed by atoms with Crippen molar-refractivity contribution in [1.82, 2.24) is 10.2 Å². The van der Waals surface area contributed by atoms with Gasteiger partial charge in [0.25, 0.3) is 5.91 Å². The van der Waals surface area contributed by atoms with E-state index >= 15 is 0 Å². The maximum absolute atomic E-state index is 12.6. The van der Waals surface area contributed by atoms with Crippen LogP contribution in [0.4, 0.5) is 0 Å². The van der Waals surface area contributed by atoms with E-state index in [-0.39, 0.29) is 5.91 Å². The van der Waals surface area contributed by atoms with Gasteiger partial charge in [-0.3, -0.25) is 4.79 Å². The van der Waals surface area contributed by atoms with E-state index in [9.17, 15) is 4.79 Å². The largest absolute Gasteiger partial charge is 0.383 e. The molecule has 0 aromatic carbocycles.